The van der Waals surface area contributed by atoms with E-state index in [2.05, 4.69) is 22.5 Å². The highest BCUT2D eigenvalue weighted by Crippen LogP contribution is 2.30. The van der Waals surface area contributed by atoms with Crippen LogP contribution in [0.15, 0.2) is 12.1 Å². The van der Waals surface area contributed by atoms with Gasteiger partial charge in [-0.2, -0.15) is 11.8 Å². The summed E-state index contributed by atoms with van der Waals surface area (Å²) < 4.78 is 0. The topological polar surface area (TPSA) is 54.0 Å². The lowest BCUT2D eigenvalue weighted by Crippen LogP contribution is -2.39. The number of nitrogens with zero attached hydrogens (tertiary/aromatic N) is 1. The zero-order valence-electron chi connectivity index (χ0n) is 12.5. The van der Waals surface area contributed by atoms with Crippen molar-refractivity contribution in [1.82, 2.24) is 10.3 Å². The predicted octanol–water partition coefficient (Wildman–Crippen LogP) is 3.57. The number of hydrogen-bond acceptors (Lipinski definition) is 4. The third kappa shape index (κ3) is 4.27. The van der Waals surface area contributed by atoms with Crippen LogP contribution in [0.25, 0.3) is 0 Å². The first-order valence-electron chi connectivity index (χ1n) is 7.48. The van der Waals surface area contributed by atoms with Crippen molar-refractivity contribution >= 4 is 35.1 Å². The Labute approximate surface area is 135 Å². The Balaban J connectivity index is 2.07. The van der Waals surface area contributed by atoms with Gasteiger partial charge in [0.15, 0.2) is 0 Å². The molecule has 1 aromatic rings. The molecule has 116 valence electrons. The summed E-state index contributed by atoms with van der Waals surface area (Å²) in [6, 6.07) is 3.73. The number of anilines is 1. The molecule has 0 aliphatic heterocycles. The number of nitrogens with one attached hydrogen (secondary N) is 2. The molecule has 0 aromatic carbocycles. The number of pyridine rings is 1. The van der Waals surface area contributed by atoms with Crippen LogP contribution in [0.4, 0.5) is 5.82 Å². The van der Waals surface area contributed by atoms with Crippen LogP contribution < -0.4 is 10.6 Å². The largest absolute Gasteiger partial charge is 0.370 e. The lowest BCUT2D eigenvalue weighted by Gasteiger charge is -2.20. The highest BCUT2D eigenvalue weighted by atomic mass is 35.5. The van der Waals surface area contributed by atoms with Crippen LogP contribution in [-0.2, 0) is 0 Å². The SMILES string of the molecule is CCNc1ccc(Cl)c(C(=O)NC2CCCC2SCC)n1. The number of amides is 1. The molecule has 1 aliphatic rings. The van der Waals surface area contributed by atoms with Crippen LogP contribution in [0.5, 0.6) is 0 Å². The van der Waals surface area contributed by atoms with E-state index in [0.29, 0.717) is 21.8 Å². The van der Waals surface area contributed by atoms with Crippen molar-refractivity contribution in [3.8, 4) is 0 Å². The first-order chi connectivity index (χ1) is 10.2. The van der Waals surface area contributed by atoms with Crippen molar-refractivity contribution in [2.75, 3.05) is 17.6 Å². The molecule has 21 heavy (non-hydrogen) atoms. The summed E-state index contributed by atoms with van der Waals surface area (Å²) in [4.78, 5) is 16.7. The molecule has 1 saturated carbocycles. The second-order valence-electron chi connectivity index (χ2n) is 5.06. The van der Waals surface area contributed by atoms with Gasteiger partial charge in [0.05, 0.1) is 5.02 Å². The van der Waals surface area contributed by atoms with E-state index in [1.165, 1.54) is 12.8 Å². The maximum absolute atomic E-state index is 12.4. The first kappa shape index (κ1) is 16.4. The van der Waals surface area contributed by atoms with Gasteiger partial charge in [-0.25, -0.2) is 4.98 Å². The molecule has 1 heterocycles. The fourth-order valence-electron chi connectivity index (χ4n) is 2.62. The van der Waals surface area contributed by atoms with Gasteiger partial charge in [0.25, 0.3) is 5.91 Å². The summed E-state index contributed by atoms with van der Waals surface area (Å²) in [6.45, 7) is 4.90. The van der Waals surface area contributed by atoms with Crippen molar-refractivity contribution in [2.45, 2.75) is 44.4 Å². The Morgan fingerprint density at radius 3 is 2.95 bits per heavy atom. The smallest absolute Gasteiger partial charge is 0.271 e. The molecule has 1 aromatic heterocycles. The highest BCUT2D eigenvalue weighted by molar-refractivity contribution is 7.99. The van der Waals surface area contributed by atoms with Crippen molar-refractivity contribution in [1.29, 1.82) is 0 Å². The van der Waals surface area contributed by atoms with Gasteiger partial charge in [0, 0.05) is 17.8 Å². The Kier molecular flexibility index (Phi) is 6.18. The number of rotatable bonds is 6. The highest BCUT2D eigenvalue weighted by Gasteiger charge is 2.29. The fraction of sp³-hybridized carbons (Fsp3) is 0.600. The molecule has 0 radical (unpaired) electrons. The van der Waals surface area contributed by atoms with E-state index in [1.54, 1.807) is 12.1 Å². The number of halogens is 1. The van der Waals surface area contributed by atoms with E-state index in [0.717, 1.165) is 18.7 Å². The lowest BCUT2D eigenvalue weighted by molar-refractivity contribution is 0.0934. The quantitative estimate of drug-likeness (QED) is 0.838. The predicted molar refractivity (Wildman–Crippen MR) is 90.4 cm³/mol. The van der Waals surface area contributed by atoms with E-state index in [9.17, 15) is 4.79 Å². The second-order valence-corrected chi connectivity index (χ2v) is 6.99. The van der Waals surface area contributed by atoms with Crippen molar-refractivity contribution in [3.63, 3.8) is 0 Å². The standard InChI is InChI=1S/C15H22ClN3OS/c1-3-17-13-9-8-10(16)14(19-13)15(20)18-11-6-5-7-12(11)21-4-2/h8-9,11-12H,3-7H2,1-2H3,(H,17,19)(H,18,20). The Morgan fingerprint density at radius 2 is 2.24 bits per heavy atom. The van der Waals surface area contributed by atoms with Crippen molar-refractivity contribution < 1.29 is 4.79 Å². The lowest BCUT2D eigenvalue weighted by atomic mass is 10.2. The molecule has 4 nitrogen and oxygen atoms in total. The van der Waals surface area contributed by atoms with E-state index >= 15 is 0 Å². The molecule has 2 atom stereocenters. The molecule has 1 fully saturated rings. The maximum Gasteiger partial charge on any atom is 0.271 e. The zero-order chi connectivity index (χ0) is 15.2. The van der Waals surface area contributed by atoms with Gasteiger partial charge in [-0.1, -0.05) is 24.9 Å². The summed E-state index contributed by atoms with van der Waals surface area (Å²) in [5, 5.41) is 7.11. The van der Waals surface area contributed by atoms with Crippen LogP contribution in [-0.4, -0.2) is 34.5 Å². The van der Waals surface area contributed by atoms with E-state index < -0.39 is 0 Å². The summed E-state index contributed by atoms with van der Waals surface area (Å²) >= 11 is 8.04. The minimum Gasteiger partial charge on any atom is -0.370 e. The van der Waals surface area contributed by atoms with E-state index in [1.807, 2.05) is 18.7 Å². The second kappa shape index (κ2) is 7.90. The van der Waals surface area contributed by atoms with Gasteiger partial charge in [0.2, 0.25) is 0 Å². The third-order valence-electron chi connectivity index (χ3n) is 3.57. The van der Waals surface area contributed by atoms with Gasteiger partial charge in [-0.15, -0.1) is 0 Å². The van der Waals surface area contributed by atoms with Gasteiger partial charge in [0.1, 0.15) is 11.5 Å². The first-order valence-corrected chi connectivity index (χ1v) is 8.91. The molecule has 1 aliphatic carbocycles. The number of carbonyl (C=O) groups is 1. The number of hydrogen-bond donors (Lipinski definition) is 2. The minimum atomic E-state index is -0.173. The minimum absolute atomic E-state index is 0.173. The van der Waals surface area contributed by atoms with Crippen LogP contribution in [0.1, 0.15) is 43.6 Å². The molecule has 0 saturated heterocycles. The van der Waals surface area contributed by atoms with Gasteiger partial charge >= 0.3 is 0 Å². The maximum atomic E-state index is 12.4. The van der Waals surface area contributed by atoms with E-state index in [4.69, 9.17) is 11.6 Å². The molecule has 0 bridgehead atoms. The van der Waals surface area contributed by atoms with Crippen molar-refractivity contribution in [3.05, 3.63) is 22.8 Å². The molecular formula is C15H22ClN3OS. The van der Waals surface area contributed by atoms with Crippen LogP contribution in [0.3, 0.4) is 0 Å². The normalized spacial score (nSPS) is 21.3. The molecule has 2 unspecified atom stereocenters. The summed E-state index contributed by atoms with van der Waals surface area (Å²) in [5.74, 6) is 1.58. The fourth-order valence-corrected chi connectivity index (χ4v) is 4.01. The monoisotopic (exact) mass is 327 g/mol. The molecule has 6 heteroatoms. The van der Waals surface area contributed by atoms with Gasteiger partial charge in [-0.3, -0.25) is 4.79 Å². The molecule has 1 amide bonds. The average molecular weight is 328 g/mol. The molecular weight excluding hydrogens is 306 g/mol. The summed E-state index contributed by atoms with van der Waals surface area (Å²) in [6.07, 6.45) is 3.37. The molecule has 2 rings (SSSR count). The number of aromatic nitrogens is 1. The zero-order valence-corrected chi connectivity index (χ0v) is 14.1. The van der Waals surface area contributed by atoms with Crippen molar-refractivity contribution in [2.24, 2.45) is 0 Å². The Morgan fingerprint density at radius 1 is 1.43 bits per heavy atom. The molecule has 0 spiro atoms. The number of carbonyl (C=O) groups excluding carboxylic acids is 1. The average Bonchev–Trinajstić information content (AvgIpc) is 2.89. The summed E-state index contributed by atoms with van der Waals surface area (Å²) in [7, 11) is 0. The Hall–Kier alpha value is -0.940. The molecule has 2 N–H and O–H groups in total. The van der Waals surface area contributed by atoms with Gasteiger partial charge in [-0.05, 0) is 37.7 Å². The third-order valence-corrected chi connectivity index (χ3v) is 5.20. The summed E-state index contributed by atoms with van der Waals surface area (Å²) in [5.41, 5.74) is 0.308. The van der Waals surface area contributed by atoms with Crippen LogP contribution in [0.2, 0.25) is 5.02 Å². The Bertz CT molecular complexity index is 498. The van der Waals surface area contributed by atoms with Crippen LogP contribution >= 0.6 is 23.4 Å². The van der Waals surface area contributed by atoms with E-state index in [-0.39, 0.29) is 11.9 Å². The number of thioether (sulfide) groups is 1. The van der Waals surface area contributed by atoms with Crippen LogP contribution in [0, 0.1) is 0 Å². The van der Waals surface area contributed by atoms with Gasteiger partial charge < -0.3 is 10.6 Å².